The molecule has 2 saturated heterocycles. The van der Waals surface area contributed by atoms with E-state index in [9.17, 15) is 4.79 Å². The van der Waals surface area contributed by atoms with Crippen molar-refractivity contribution in [2.75, 3.05) is 39.4 Å². The Hall–Kier alpha value is -0.650. The first kappa shape index (κ1) is 12.8. The fourth-order valence-corrected chi connectivity index (χ4v) is 2.57. The molecular formula is C12H23N3O2. The van der Waals surface area contributed by atoms with Crippen LogP contribution in [-0.4, -0.2) is 66.7 Å². The lowest BCUT2D eigenvalue weighted by molar-refractivity contribution is -0.134. The van der Waals surface area contributed by atoms with Gasteiger partial charge < -0.3 is 15.4 Å². The van der Waals surface area contributed by atoms with Crippen LogP contribution in [0.5, 0.6) is 0 Å². The summed E-state index contributed by atoms with van der Waals surface area (Å²) >= 11 is 0. The summed E-state index contributed by atoms with van der Waals surface area (Å²) in [6, 6.07) is 0.491. The Bertz CT molecular complexity index is 282. The van der Waals surface area contributed by atoms with Crippen LogP contribution in [-0.2, 0) is 9.53 Å². The number of likely N-dealkylation sites (tertiary alicyclic amines) is 1. The first-order chi connectivity index (χ1) is 7.98. The maximum absolute atomic E-state index is 12.1. The number of nitrogens with two attached hydrogens (primary N) is 1. The lowest BCUT2D eigenvalue weighted by Gasteiger charge is -2.32. The van der Waals surface area contributed by atoms with Gasteiger partial charge in [-0.1, -0.05) is 0 Å². The first-order valence-electron chi connectivity index (χ1n) is 6.38. The fourth-order valence-electron chi connectivity index (χ4n) is 2.57. The highest BCUT2D eigenvalue weighted by atomic mass is 16.5. The Morgan fingerprint density at radius 1 is 1.29 bits per heavy atom. The predicted molar refractivity (Wildman–Crippen MR) is 65.6 cm³/mol. The summed E-state index contributed by atoms with van der Waals surface area (Å²) in [6.07, 6.45) is 1.06. The van der Waals surface area contributed by atoms with E-state index in [2.05, 4.69) is 4.90 Å². The molecule has 5 heteroatoms. The monoisotopic (exact) mass is 241 g/mol. The molecule has 2 heterocycles. The van der Waals surface area contributed by atoms with Gasteiger partial charge >= 0.3 is 0 Å². The van der Waals surface area contributed by atoms with Gasteiger partial charge in [-0.2, -0.15) is 0 Å². The largest absolute Gasteiger partial charge is 0.379 e. The molecule has 5 nitrogen and oxygen atoms in total. The van der Waals surface area contributed by atoms with Crippen molar-refractivity contribution >= 4 is 5.91 Å². The molecule has 2 aliphatic heterocycles. The predicted octanol–water partition coefficient (Wildman–Crippen LogP) is -0.343. The van der Waals surface area contributed by atoms with Crippen molar-refractivity contribution in [3.05, 3.63) is 0 Å². The molecule has 0 aromatic carbocycles. The minimum atomic E-state index is -0.750. The average molecular weight is 241 g/mol. The number of hydrogen-bond donors (Lipinski definition) is 1. The average Bonchev–Trinajstić information content (AvgIpc) is 2.77. The molecule has 98 valence electrons. The van der Waals surface area contributed by atoms with E-state index in [0.717, 1.165) is 45.8 Å². The summed E-state index contributed by atoms with van der Waals surface area (Å²) in [7, 11) is 0. The van der Waals surface area contributed by atoms with Gasteiger partial charge in [-0.3, -0.25) is 9.69 Å². The minimum Gasteiger partial charge on any atom is -0.379 e. The SMILES string of the molecule is CC(C)(N)C(=O)N1CCC(N2CCOCC2)C1. The lowest BCUT2D eigenvalue weighted by Crippen LogP contribution is -2.51. The van der Waals surface area contributed by atoms with Gasteiger partial charge in [0.05, 0.1) is 18.8 Å². The first-order valence-corrected chi connectivity index (χ1v) is 6.38. The molecule has 17 heavy (non-hydrogen) atoms. The Morgan fingerprint density at radius 3 is 2.53 bits per heavy atom. The van der Waals surface area contributed by atoms with Crippen LogP contribution >= 0.6 is 0 Å². The Labute approximate surface area is 103 Å². The third-order valence-electron chi connectivity index (χ3n) is 3.56. The van der Waals surface area contributed by atoms with E-state index in [4.69, 9.17) is 10.5 Å². The van der Waals surface area contributed by atoms with Gasteiger partial charge in [0.25, 0.3) is 0 Å². The number of carbonyl (C=O) groups excluding carboxylic acids is 1. The number of nitrogens with zero attached hydrogens (tertiary/aromatic N) is 2. The number of rotatable bonds is 2. The molecule has 0 aliphatic carbocycles. The molecule has 2 rings (SSSR count). The zero-order valence-corrected chi connectivity index (χ0v) is 10.8. The molecule has 0 aromatic heterocycles. The van der Waals surface area contributed by atoms with Crippen LogP contribution in [0.2, 0.25) is 0 Å². The van der Waals surface area contributed by atoms with Gasteiger partial charge in [0, 0.05) is 32.2 Å². The van der Waals surface area contributed by atoms with Crippen LogP contribution < -0.4 is 5.73 Å². The highest BCUT2D eigenvalue weighted by molar-refractivity contribution is 5.85. The molecule has 0 bridgehead atoms. The van der Waals surface area contributed by atoms with Gasteiger partial charge in [0.2, 0.25) is 5.91 Å². The van der Waals surface area contributed by atoms with Crippen molar-refractivity contribution in [2.24, 2.45) is 5.73 Å². The summed E-state index contributed by atoms with van der Waals surface area (Å²) in [6.45, 7) is 8.80. The maximum Gasteiger partial charge on any atom is 0.242 e. The van der Waals surface area contributed by atoms with Gasteiger partial charge in [-0.15, -0.1) is 0 Å². The number of amides is 1. The van der Waals surface area contributed by atoms with Crippen LogP contribution in [0.4, 0.5) is 0 Å². The van der Waals surface area contributed by atoms with E-state index >= 15 is 0 Å². The molecule has 2 aliphatic rings. The Morgan fingerprint density at radius 2 is 1.94 bits per heavy atom. The van der Waals surface area contributed by atoms with Crippen molar-refractivity contribution in [2.45, 2.75) is 31.8 Å². The van der Waals surface area contributed by atoms with Crippen LogP contribution in [0.3, 0.4) is 0 Å². The van der Waals surface area contributed by atoms with Gasteiger partial charge in [-0.05, 0) is 20.3 Å². The zero-order chi connectivity index (χ0) is 12.5. The van der Waals surface area contributed by atoms with Crippen molar-refractivity contribution in [3.63, 3.8) is 0 Å². The second-order valence-electron chi connectivity index (χ2n) is 5.56. The summed E-state index contributed by atoms with van der Waals surface area (Å²) < 4.78 is 5.35. The maximum atomic E-state index is 12.1. The van der Waals surface area contributed by atoms with Crippen LogP contribution in [0, 0.1) is 0 Å². The van der Waals surface area contributed by atoms with Crippen molar-refractivity contribution in [3.8, 4) is 0 Å². The quantitative estimate of drug-likeness (QED) is 0.718. The van der Waals surface area contributed by atoms with Gasteiger partial charge in [-0.25, -0.2) is 0 Å². The Balaban J connectivity index is 1.88. The molecule has 1 amide bonds. The molecule has 1 unspecified atom stereocenters. The van der Waals surface area contributed by atoms with E-state index < -0.39 is 5.54 Å². The molecule has 0 saturated carbocycles. The summed E-state index contributed by atoms with van der Waals surface area (Å²) in [5.41, 5.74) is 5.11. The van der Waals surface area contributed by atoms with E-state index in [0.29, 0.717) is 6.04 Å². The van der Waals surface area contributed by atoms with Gasteiger partial charge in [0.15, 0.2) is 0 Å². The smallest absolute Gasteiger partial charge is 0.242 e. The normalized spacial score (nSPS) is 27.5. The summed E-state index contributed by atoms with van der Waals surface area (Å²) in [5.74, 6) is 0.0632. The van der Waals surface area contributed by atoms with Crippen molar-refractivity contribution in [1.82, 2.24) is 9.80 Å². The van der Waals surface area contributed by atoms with Crippen molar-refractivity contribution in [1.29, 1.82) is 0 Å². The Kier molecular flexibility index (Phi) is 3.70. The lowest BCUT2D eigenvalue weighted by atomic mass is 10.1. The number of ether oxygens (including phenoxy) is 1. The molecule has 0 aromatic rings. The number of carbonyl (C=O) groups is 1. The highest BCUT2D eigenvalue weighted by Gasteiger charge is 2.35. The highest BCUT2D eigenvalue weighted by Crippen LogP contribution is 2.19. The minimum absolute atomic E-state index is 0.0632. The zero-order valence-electron chi connectivity index (χ0n) is 10.8. The van der Waals surface area contributed by atoms with E-state index in [-0.39, 0.29) is 5.91 Å². The number of hydrogen-bond acceptors (Lipinski definition) is 4. The third kappa shape index (κ3) is 2.97. The third-order valence-corrected chi connectivity index (χ3v) is 3.56. The molecule has 0 radical (unpaired) electrons. The van der Waals surface area contributed by atoms with Crippen LogP contribution in [0.1, 0.15) is 20.3 Å². The molecule has 2 N–H and O–H groups in total. The molecule has 0 spiro atoms. The standard InChI is InChI=1S/C12H23N3O2/c1-12(2,13)11(16)15-4-3-10(9-15)14-5-7-17-8-6-14/h10H,3-9,13H2,1-2H3. The number of morpholine rings is 1. The van der Waals surface area contributed by atoms with E-state index in [1.165, 1.54) is 0 Å². The second-order valence-corrected chi connectivity index (χ2v) is 5.56. The molecular weight excluding hydrogens is 218 g/mol. The topological polar surface area (TPSA) is 58.8 Å². The van der Waals surface area contributed by atoms with E-state index in [1.54, 1.807) is 13.8 Å². The van der Waals surface area contributed by atoms with Crippen molar-refractivity contribution < 1.29 is 9.53 Å². The molecule has 2 fully saturated rings. The van der Waals surface area contributed by atoms with Crippen LogP contribution in [0.15, 0.2) is 0 Å². The van der Waals surface area contributed by atoms with E-state index in [1.807, 2.05) is 4.90 Å². The molecule has 1 atom stereocenters. The summed E-state index contributed by atoms with van der Waals surface area (Å²) in [4.78, 5) is 16.4. The summed E-state index contributed by atoms with van der Waals surface area (Å²) in [5, 5.41) is 0. The van der Waals surface area contributed by atoms with Crippen LogP contribution in [0.25, 0.3) is 0 Å². The van der Waals surface area contributed by atoms with Gasteiger partial charge in [0.1, 0.15) is 0 Å². The fraction of sp³-hybridized carbons (Fsp3) is 0.917. The second kappa shape index (κ2) is 4.92.